The summed E-state index contributed by atoms with van der Waals surface area (Å²) in [5.41, 5.74) is 11.9. The van der Waals surface area contributed by atoms with E-state index in [9.17, 15) is 4.79 Å². The van der Waals surface area contributed by atoms with Crippen LogP contribution < -0.4 is 11.1 Å². The van der Waals surface area contributed by atoms with Gasteiger partial charge in [-0.25, -0.2) is 9.50 Å². The zero-order chi connectivity index (χ0) is 20.7. The van der Waals surface area contributed by atoms with Crippen LogP contribution in [0.3, 0.4) is 0 Å². The van der Waals surface area contributed by atoms with Crippen molar-refractivity contribution in [3.63, 3.8) is 0 Å². The molecule has 1 aliphatic carbocycles. The molecule has 0 bridgehead atoms. The summed E-state index contributed by atoms with van der Waals surface area (Å²) in [6, 6.07) is 22.1. The minimum absolute atomic E-state index is 0.161. The SMILES string of the molecule is CC(=O)Nc1ccc2nc(-c3ccc(C4(N)CCC4)cc3)c(-c3ccccc3)n2n1. The van der Waals surface area contributed by atoms with Gasteiger partial charge in [0.2, 0.25) is 5.91 Å². The van der Waals surface area contributed by atoms with Gasteiger partial charge in [0, 0.05) is 23.6 Å². The van der Waals surface area contributed by atoms with E-state index in [-0.39, 0.29) is 11.4 Å². The van der Waals surface area contributed by atoms with Gasteiger partial charge in [-0.1, -0.05) is 54.6 Å². The number of amides is 1. The van der Waals surface area contributed by atoms with Crippen LogP contribution in [0.5, 0.6) is 0 Å². The largest absolute Gasteiger partial charge is 0.321 e. The summed E-state index contributed by atoms with van der Waals surface area (Å²) in [6.45, 7) is 1.47. The first-order valence-corrected chi connectivity index (χ1v) is 10.2. The van der Waals surface area contributed by atoms with E-state index in [0.29, 0.717) is 5.82 Å². The van der Waals surface area contributed by atoms with Crippen molar-refractivity contribution in [2.24, 2.45) is 5.73 Å². The van der Waals surface area contributed by atoms with E-state index in [1.54, 1.807) is 10.6 Å². The third-order valence-corrected chi connectivity index (χ3v) is 5.81. The lowest BCUT2D eigenvalue weighted by atomic mass is 9.72. The van der Waals surface area contributed by atoms with E-state index in [1.807, 2.05) is 36.4 Å². The van der Waals surface area contributed by atoms with Crippen molar-refractivity contribution >= 4 is 17.4 Å². The maximum atomic E-state index is 11.5. The number of nitrogens with one attached hydrogen (secondary N) is 1. The standard InChI is InChI=1S/C24H23N5O/c1-16(30)26-20-12-13-21-27-22(23(29(21)28-20)18-6-3-2-4-7-18)17-8-10-19(11-9-17)24(25)14-5-15-24/h2-4,6-13H,5,14-15,25H2,1H3,(H,26,28,30). The number of nitrogens with zero attached hydrogens (tertiary/aromatic N) is 3. The van der Waals surface area contributed by atoms with Gasteiger partial charge in [0.15, 0.2) is 11.5 Å². The third-order valence-electron chi connectivity index (χ3n) is 5.81. The van der Waals surface area contributed by atoms with Gasteiger partial charge in [0.05, 0.1) is 5.69 Å². The lowest BCUT2D eigenvalue weighted by Gasteiger charge is -2.38. The highest BCUT2D eigenvalue weighted by Crippen LogP contribution is 2.40. The molecule has 0 unspecified atom stereocenters. The van der Waals surface area contributed by atoms with Gasteiger partial charge in [-0.3, -0.25) is 4.79 Å². The van der Waals surface area contributed by atoms with Gasteiger partial charge in [-0.05, 0) is 37.0 Å². The van der Waals surface area contributed by atoms with E-state index in [2.05, 4.69) is 34.7 Å². The molecule has 0 aliphatic heterocycles. The summed E-state index contributed by atoms with van der Waals surface area (Å²) in [5.74, 6) is 0.326. The summed E-state index contributed by atoms with van der Waals surface area (Å²) >= 11 is 0. The highest BCUT2D eigenvalue weighted by Gasteiger charge is 2.34. The Morgan fingerprint density at radius 3 is 2.37 bits per heavy atom. The van der Waals surface area contributed by atoms with E-state index >= 15 is 0 Å². The predicted octanol–water partition coefficient (Wildman–Crippen LogP) is 4.36. The number of nitrogens with two attached hydrogens (primary N) is 1. The van der Waals surface area contributed by atoms with Crippen LogP contribution in [0.2, 0.25) is 0 Å². The molecule has 150 valence electrons. The Labute approximate surface area is 174 Å². The number of benzene rings is 2. The van der Waals surface area contributed by atoms with Crippen LogP contribution in [0.4, 0.5) is 5.82 Å². The van der Waals surface area contributed by atoms with Crippen LogP contribution in [-0.4, -0.2) is 20.5 Å². The van der Waals surface area contributed by atoms with Crippen molar-refractivity contribution in [1.82, 2.24) is 14.6 Å². The molecule has 1 saturated carbocycles. The maximum absolute atomic E-state index is 11.5. The van der Waals surface area contributed by atoms with E-state index in [1.165, 1.54) is 18.9 Å². The number of hydrogen-bond acceptors (Lipinski definition) is 4. The average Bonchev–Trinajstić information content (AvgIpc) is 3.11. The Balaban J connectivity index is 1.66. The van der Waals surface area contributed by atoms with E-state index in [0.717, 1.165) is 41.0 Å². The molecular formula is C24H23N5O. The van der Waals surface area contributed by atoms with Gasteiger partial charge in [0.1, 0.15) is 5.69 Å². The predicted molar refractivity (Wildman–Crippen MR) is 118 cm³/mol. The quantitative estimate of drug-likeness (QED) is 0.536. The molecule has 0 spiro atoms. The first-order valence-electron chi connectivity index (χ1n) is 10.2. The molecule has 4 aromatic rings. The highest BCUT2D eigenvalue weighted by molar-refractivity contribution is 5.88. The molecule has 5 rings (SSSR count). The molecule has 3 N–H and O–H groups in total. The molecular weight excluding hydrogens is 374 g/mol. The number of fused-ring (bicyclic) bond motifs is 1. The van der Waals surface area contributed by atoms with Crippen LogP contribution in [0, 0.1) is 0 Å². The second kappa shape index (κ2) is 7.07. The van der Waals surface area contributed by atoms with E-state index < -0.39 is 0 Å². The first kappa shape index (κ1) is 18.5. The van der Waals surface area contributed by atoms with Crippen LogP contribution in [0.1, 0.15) is 31.7 Å². The zero-order valence-corrected chi connectivity index (χ0v) is 16.8. The zero-order valence-electron chi connectivity index (χ0n) is 16.8. The maximum Gasteiger partial charge on any atom is 0.222 e. The number of rotatable bonds is 4. The number of hydrogen-bond donors (Lipinski definition) is 2. The summed E-state index contributed by atoms with van der Waals surface area (Å²) in [5, 5.41) is 7.37. The smallest absolute Gasteiger partial charge is 0.222 e. The lowest BCUT2D eigenvalue weighted by molar-refractivity contribution is -0.114. The Morgan fingerprint density at radius 1 is 1.00 bits per heavy atom. The van der Waals surface area contributed by atoms with Crippen molar-refractivity contribution in [3.8, 4) is 22.5 Å². The van der Waals surface area contributed by atoms with Crippen molar-refractivity contribution in [3.05, 3.63) is 72.3 Å². The molecule has 6 nitrogen and oxygen atoms in total. The minimum Gasteiger partial charge on any atom is -0.321 e. The minimum atomic E-state index is -0.186. The molecule has 2 aromatic heterocycles. The molecule has 0 radical (unpaired) electrons. The Morgan fingerprint density at radius 2 is 1.73 bits per heavy atom. The number of anilines is 1. The van der Waals surface area contributed by atoms with Gasteiger partial charge >= 0.3 is 0 Å². The lowest BCUT2D eigenvalue weighted by Crippen LogP contribution is -2.43. The Kier molecular flexibility index (Phi) is 4.37. The molecule has 2 aromatic carbocycles. The van der Waals surface area contributed by atoms with Crippen molar-refractivity contribution in [2.45, 2.75) is 31.7 Å². The third kappa shape index (κ3) is 3.15. The van der Waals surface area contributed by atoms with Crippen LogP contribution in [0.25, 0.3) is 28.2 Å². The highest BCUT2D eigenvalue weighted by atomic mass is 16.1. The van der Waals surface area contributed by atoms with Crippen molar-refractivity contribution < 1.29 is 4.79 Å². The van der Waals surface area contributed by atoms with Crippen LogP contribution in [-0.2, 0) is 10.3 Å². The van der Waals surface area contributed by atoms with Gasteiger partial charge in [-0.15, -0.1) is 5.10 Å². The summed E-state index contributed by atoms with van der Waals surface area (Å²) in [4.78, 5) is 16.3. The molecule has 0 atom stereocenters. The first-order chi connectivity index (χ1) is 14.5. The molecule has 2 heterocycles. The molecule has 6 heteroatoms. The van der Waals surface area contributed by atoms with Crippen molar-refractivity contribution in [1.29, 1.82) is 0 Å². The number of carbonyl (C=O) groups excluding carboxylic acids is 1. The monoisotopic (exact) mass is 397 g/mol. The van der Waals surface area contributed by atoms with Crippen LogP contribution in [0.15, 0.2) is 66.7 Å². The molecule has 1 fully saturated rings. The Bertz CT molecular complexity index is 1220. The second-order valence-electron chi connectivity index (χ2n) is 7.93. The van der Waals surface area contributed by atoms with Gasteiger partial charge < -0.3 is 11.1 Å². The summed E-state index contributed by atoms with van der Waals surface area (Å²) in [7, 11) is 0. The fraction of sp³-hybridized carbons (Fsp3) is 0.208. The summed E-state index contributed by atoms with van der Waals surface area (Å²) < 4.78 is 1.79. The number of aromatic nitrogens is 3. The normalized spacial score (nSPS) is 15.0. The number of imidazole rings is 1. The average molecular weight is 397 g/mol. The molecule has 0 saturated heterocycles. The van der Waals surface area contributed by atoms with Gasteiger partial charge in [0.25, 0.3) is 0 Å². The molecule has 30 heavy (non-hydrogen) atoms. The Hall–Kier alpha value is -3.51. The number of carbonyl (C=O) groups is 1. The second-order valence-corrected chi connectivity index (χ2v) is 7.93. The molecule has 1 amide bonds. The molecule has 1 aliphatic rings. The fourth-order valence-corrected chi connectivity index (χ4v) is 4.04. The van der Waals surface area contributed by atoms with Crippen molar-refractivity contribution in [2.75, 3.05) is 5.32 Å². The van der Waals surface area contributed by atoms with E-state index in [4.69, 9.17) is 10.7 Å². The van der Waals surface area contributed by atoms with Gasteiger partial charge in [-0.2, -0.15) is 0 Å². The topological polar surface area (TPSA) is 85.3 Å². The van der Waals surface area contributed by atoms with Crippen LogP contribution >= 0.6 is 0 Å². The summed E-state index contributed by atoms with van der Waals surface area (Å²) in [6.07, 6.45) is 3.25. The fourth-order valence-electron chi connectivity index (χ4n) is 4.04.